The van der Waals surface area contributed by atoms with Gasteiger partial charge in [-0.05, 0) is 36.6 Å². The molecule has 1 aromatic carbocycles. The van der Waals surface area contributed by atoms with Crippen LogP contribution in [0.4, 0.5) is 30.6 Å². The Morgan fingerprint density at radius 2 is 1.83 bits per heavy atom. The number of anilines is 3. The predicted molar refractivity (Wildman–Crippen MR) is 125 cm³/mol. The number of likely N-dealkylation sites (N-methyl/N-ethyl adjacent to an activating group) is 1. The number of halogens is 3. The van der Waals surface area contributed by atoms with Gasteiger partial charge in [-0.1, -0.05) is 0 Å². The van der Waals surface area contributed by atoms with E-state index in [-0.39, 0.29) is 18.2 Å². The molecule has 0 radical (unpaired) electrons. The van der Waals surface area contributed by atoms with E-state index >= 15 is 0 Å². The van der Waals surface area contributed by atoms with Crippen molar-refractivity contribution in [3.8, 4) is 11.6 Å². The SMILES string of the molecule is COc1cc(N2CCC(Nc3ncc4c(n3)N(C)C(c3cc(F)c(F)c(F)c3)CO4)CC2)ccn1. The Labute approximate surface area is 200 Å². The lowest BCUT2D eigenvalue weighted by Crippen LogP contribution is -2.39. The quantitative estimate of drug-likeness (QED) is 0.544. The summed E-state index contributed by atoms with van der Waals surface area (Å²) in [5, 5.41) is 3.39. The van der Waals surface area contributed by atoms with Crippen LogP contribution < -0.4 is 24.6 Å². The average Bonchev–Trinajstić information content (AvgIpc) is 2.88. The van der Waals surface area contributed by atoms with E-state index in [9.17, 15) is 13.2 Å². The molecule has 0 spiro atoms. The lowest BCUT2D eigenvalue weighted by molar-refractivity contribution is 0.264. The predicted octanol–water partition coefficient (Wildman–Crippen LogP) is 3.95. The van der Waals surface area contributed by atoms with Crippen molar-refractivity contribution in [1.29, 1.82) is 0 Å². The number of hydrogen-bond acceptors (Lipinski definition) is 8. The highest BCUT2D eigenvalue weighted by Gasteiger charge is 2.30. The summed E-state index contributed by atoms with van der Waals surface area (Å²) in [4.78, 5) is 17.2. The molecule has 5 rings (SSSR count). The molecule has 4 heterocycles. The number of nitrogens with zero attached hydrogens (tertiary/aromatic N) is 5. The number of hydrogen-bond donors (Lipinski definition) is 1. The molecular weight excluding hydrogens is 461 g/mol. The minimum atomic E-state index is -1.49. The zero-order valence-corrected chi connectivity index (χ0v) is 19.3. The second-order valence-corrected chi connectivity index (χ2v) is 8.58. The number of nitrogens with one attached hydrogen (secondary N) is 1. The molecule has 2 aliphatic rings. The number of methoxy groups -OCH3 is 1. The van der Waals surface area contributed by atoms with Crippen LogP contribution in [0.2, 0.25) is 0 Å². The topological polar surface area (TPSA) is 75.6 Å². The number of pyridine rings is 1. The Hall–Kier alpha value is -3.76. The van der Waals surface area contributed by atoms with Crippen LogP contribution in [-0.2, 0) is 0 Å². The van der Waals surface area contributed by atoms with Crippen LogP contribution in [0.1, 0.15) is 24.4 Å². The van der Waals surface area contributed by atoms with Crippen molar-refractivity contribution in [2.24, 2.45) is 0 Å². The number of aromatic nitrogens is 3. The van der Waals surface area contributed by atoms with Crippen molar-refractivity contribution in [3.05, 3.63) is 59.7 Å². The lowest BCUT2D eigenvalue weighted by atomic mass is 10.0. The standard InChI is InChI=1S/C24H25F3N6O2/c1-32-19(14-9-17(25)22(27)18(26)10-14)13-35-20-12-29-24(31-23(20)32)30-15-4-7-33(8-5-15)16-3-6-28-21(11-16)34-2/h3,6,9-12,15,19H,4-5,7-8,13H2,1-2H3,(H,29,30,31). The molecule has 0 saturated carbocycles. The molecule has 0 amide bonds. The summed E-state index contributed by atoms with van der Waals surface area (Å²) >= 11 is 0. The van der Waals surface area contributed by atoms with Crippen LogP contribution in [0, 0.1) is 17.5 Å². The zero-order valence-electron chi connectivity index (χ0n) is 19.3. The van der Waals surface area contributed by atoms with Gasteiger partial charge in [-0.15, -0.1) is 0 Å². The van der Waals surface area contributed by atoms with Crippen molar-refractivity contribution < 1.29 is 22.6 Å². The third-order valence-electron chi connectivity index (χ3n) is 6.45. The van der Waals surface area contributed by atoms with Gasteiger partial charge in [0.05, 0.1) is 19.3 Å². The van der Waals surface area contributed by atoms with Gasteiger partial charge in [0, 0.05) is 44.1 Å². The molecule has 35 heavy (non-hydrogen) atoms. The molecule has 0 bridgehead atoms. The zero-order chi connectivity index (χ0) is 24.5. The van der Waals surface area contributed by atoms with E-state index in [1.54, 1.807) is 31.5 Å². The van der Waals surface area contributed by atoms with Gasteiger partial charge >= 0.3 is 0 Å². The highest BCUT2D eigenvalue weighted by atomic mass is 19.2. The van der Waals surface area contributed by atoms with Crippen molar-refractivity contribution in [3.63, 3.8) is 0 Å². The van der Waals surface area contributed by atoms with E-state index in [1.807, 2.05) is 12.1 Å². The molecular formula is C24H25F3N6O2. The van der Waals surface area contributed by atoms with Crippen molar-refractivity contribution >= 4 is 17.5 Å². The third kappa shape index (κ3) is 4.62. The third-order valence-corrected chi connectivity index (χ3v) is 6.45. The molecule has 0 aliphatic carbocycles. The normalized spacial score (nSPS) is 18.1. The van der Waals surface area contributed by atoms with Gasteiger partial charge in [-0.3, -0.25) is 0 Å². The van der Waals surface area contributed by atoms with Crippen LogP contribution in [0.15, 0.2) is 36.7 Å². The molecule has 8 nitrogen and oxygen atoms in total. The first-order valence-corrected chi connectivity index (χ1v) is 11.3. The summed E-state index contributed by atoms with van der Waals surface area (Å²) in [6.45, 7) is 1.83. The van der Waals surface area contributed by atoms with Gasteiger partial charge in [0.2, 0.25) is 11.8 Å². The van der Waals surface area contributed by atoms with Gasteiger partial charge in [0.1, 0.15) is 6.61 Å². The van der Waals surface area contributed by atoms with Crippen LogP contribution in [-0.4, -0.2) is 54.8 Å². The maximum absolute atomic E-state index is 13.8. The molecule has 1 atom stereocenters. The summed E-state index contributed by atoms with van der Waals surface area (Å²) < 4.78 is 52.0. The minimum absolute atomic E-state index is 0.127. The molecule has 1 N–H and O–H groups in total. The lowest BCUT2D eigenvalue weighted by Gasteiger charge is -2.36. The molecule has 1 saturated heterocycles. The molecule has 1 unspecified atom stereocenters. The Bertz CT molecular complexity index is 1200. The smallest absolute Gasteiger partial charge is 0.225 e. The summed E-state index contributed by atoms with van der Waals surface area (Å²) in [6, 6.07) is 5.51. The van der Waals surface area contributed by atoms with Crippen LogP contribution >= 0.6 is 0 Å². The van der Waals surface area contributed by atoms with E-state index < -0.39 is 23.5 Å². The highest BCUT2D eigenvalue weighted by molar-refractivity contribution is 5.57. The summed E-state index contributed by atoms with van der Waals surface area (Å²) in [5.41, 5.74) is 1.33. The number of rotatable bonds is 5. The minimum Gasteiger partial charge on any atom is -0.486 e. The van der Waals surface area contributed by atoms with Gasteiger partial charge in [0.15, 0.2) is 29.0 Å². The first kappa shape index (κ1) is 23.0. The Morgan fingerprint density at radius 1 is 1.09 bits per heavy atom. The fourth-order valence-electron chi connectivity index (χ4n) is 4.47. The highest BCUT2D eigenvalue weighted by Crippen LogP contribution is 2.37. The van der Waals surface area contributed by atoms with Gasteiger partial charge < -0.3 is 24.6 Å². The van der Waals surface area contributed by atoms with Crippen LogP contribution in [0.5, 0.6) is 11.6 Å². The molecule has 1 fully saturated rings. The van der Waals surface area contributed by atoms with Crippen molar-refractivity contribution in [1.82, 2.24) is 15.0 Å². The van der Waals surface area contributed by atoms with E-state index in [2.05, 4.69) is 25.2 Å². The fraction of sp³-hybridized carbons (Fsp3) is 0.375. The number of piperidine rings is 1. The van der Waals surface area contributed by atoms with E-state index in [0.29, 0.717) is 23.4 Å². The van der Waals surface area contributed by atoms with E-state index in [0.717, 1.165) is 43.8 Å². The monoisotopic (exact) mass is 486 g/mol. The van der Waals surface area contributed by atoms with Gasteiger partial charge in [0.25, 0.3) is 0 Å². The first-order valence-electron chi connectivity index (χ1n) is 11.3. The van der Waals surface area contributed by atoms with Gasteiger partial charge in [-0.2, -0.15) is 4.98 Å². The number of benzene rings is 1. The second kappa shape index (κ2) is 9.47. The molecule has 2 aromatic heterocycles. The Kier molecular flexibility index (Phi) is 6.23. The molecule has 3 aromatic rings. The summed E-state index contributed by atoms with van der Waals surface area (Å²) in [5.74, 6) is -1.97. The molecule has 184 valence electrons. The van der Waals surface area contributed by atoms with Crippen LogP contribution in [0.3, 0.4) is 0 Å². The number of ether oxygens (including phenoxy) is 2. The maximum Gasteiger partial charge on any atom is 0.225 e. The molecule has 11 heteroatoms. The molecule has 2 aliphatic heterocycles. The van der Waals surface area contributed by atoms with E-state index in [1.165, 1.54) is 0 Å². The van der Waals surface area contributed by atoms with Gasteiger partial charge in [-0.25, -0.2) is 23.1 Å². The van der Waals surface area contributed by atoms with Crippen LogP contribution in [0.25, 0.3) is 0 Å². The summed E-state index contributed by atoms with van der Waals surface area (Å²) in [6.07, 6.45) is 5.09. The Balaban J connectivity index is 1.26. The average molecular weight is 486 g/mol. The second-order valence-electron chi connectivity index (χ2n) is 8.58. The van der Waals surface area contributed by atoms with E-state index in [4.69, 9.17) is 9.47 Å². The largest absolute Gasteiger partial charge is 0.486 e. The summed E-state index contributed by atoms with van der Waals surface area (Å²) in [7, 11) is 3.35. The maximum atomic E-state index is 13.8. The Morgan fingerprint density at radius 3 is 2.54 bits per heavy atom. The van der Waals surface area contributed by atoms with Crippen molar-refractivity contribution in [2.75, 3.05) is 49.0 Å². The van der Waals surface area contributed by atoms with Crippen molar-refractivity contribution in [2.45, 2.75) is 24.9 Å². The fourth-order valence-corrected chi connectivity index (χ4v) is 4.47. The number of fused-ring (bicyclic) bond motifs is 1. The first-order chi connectivity index (χ1) is 16.9.